The number of aromatic nitrogens is 1. The van der Waals surface area contributed by atoms with Gasteiger partial charge in [0.2, 0.25) is 5.89 Å². The van der Waals surface area contributed by atoms with Crippen molar-refractivity contribution in [2.24, 2.45) is 4.99 Å². The van der Waals surface area contributed by atoms with Crippen LogP contribution in [0.15, 0.2) is 32.1 Å². The van der Waals surface area contributed by atoms with Gasteiger partial charge in [-0.05, 0) is 60.8 Å². The molecule has 24 heavy (non-hydrogen) atoms. The summed E-state index contributed by atoms with van der Waals surface area (Å²) in [7, 11) is 0. The van der Waals surface area contributed by atoms with E-state index >= 15 is 0 Å². The largest absolute Gasteiger partial charge is 0.444 e. The topological polar surface area (TPSA) is 62.5 Å². The van der Waals surface area contributed by atoms with E-state index in [4.69, 9.17) is 4.42 Å². The zero-order valence-corrected chi connectivity index (χ0v) is 15.7. The average molecular weight is 397 g/mol. The van der Waals surface area contributed by atoms with E-state index in [1.54, 1.807) is 12.1 Å². The normalized spacial score (nSPS) is 11.6. The van der Waals surface area contributed by atoms with Crippen molar-refractivity contribution in [3.8, 4) is 0 Å². The molecular formula is C17H22BrFN4O. The number of oxazole rings is 1. The van der Waals surface area contributed by atoms with Crippen molar-refractivity contribution in [2.45, 2.75) is 33.7 Å². The summed E-state index contributed by atoms with van der Waals surface area (Å²) in [6.45, 7) is 7.64. The van der Waals surface area contributed by atoms with Crippen LogP contribution in [0.25, 0.3) is 0 Å². The fourth-order valence-corrected chi connectivity index (χ4v) is 2.54. The van der Waals surface area contributed by atoms with Crippen LogP contribution in [0.4, 0.5) is 4.39 Å². The zero-order chi connectivity index (χ0) is 17.5. The molecule has 0 saturated carbocycles. The summed E-state index contributed by atoms with van der Waals surface area (Å²) in [5.74, 6) is 1.87. The third kappa shape index (κ3) is 5.33. The van der Waals surface area contributed by atoms with Crippen molar-refractivity contribution in [1.29, 1.82) is 0 Å². The van der Waals surface area contributed by atoms with Crippen LogP contribution < -0.4 is 10.6 Å². The number of aryl methyl sites for hydroxylation is 2. The van der Waals surface area contributed by atoms with Crippen LogP contribution in [0.5, 0.6) is 0 Å². The summed E-state index contributed by atoms with van der Waals surface area (Å²) in [4.78, 5) is 8.79. The van der Waals surface area contributed by atoms with E-state index in [-0.39, 0.29) is 5.82 Å². The number of aliphatic imine (C=N–C) groups is 1. The van der Waals surface area contributed by atoms with Gasteiger partial charge in [0.1, 0.15) is 18.1 Å². The number of benzene rings is 1. The minimum atomic E-state index is -0.252. The van der Waals surface area contributed by atoms with Crippen LogP contribution in [0.2, 0.25) is 0 Å². The Balaban J connectivity index is 1.90. The number of nitrogens with zero attached hydrogens (tertiary/aromatic N) is 2. The molecule has 2 aromatic rings. The van der Waals surface area contributed by atoms with E-state index in [1.807, 2.05) is 20.8 Å². The van der Waals surface area contributed by atoms with Crippen molar-refractivity contribution in [1.82, 2.24) is 15.6 Å². The summed E-state index contributed by atoms with van der Waals surface area (Å²) in [5, 5.41) is 6.44. The molecule has 130 valence electrons. The van der Waals surface area contributed by atoms with Crippen molar-refractivity contribution in [2.75, 3.05) is 13.1 Å². The Morgan fingerprint density at radius 2 is 2.12 bits per heavy atom. The maximum Gasteiger partial charge on any atom is 0.216 e. The maximum absolute atomic E-state index is 13.2. The van der Waals surface area contributed by atoms with E-state index in [2.05, 4.69) is 36.5 Å². The van der Waals surface area contributed by atoms with Gasteiger partial charge < -0.3 is 15.1 Å². The molecule has 7 heteroatoms. The summed E-state index contributed by atoms with van der Waals surface area (Å²) in [5.41, 5.74) is 1.94. The lowest BCUT2D eigenvalue weighted by molar-refractivity contribution is 0.473. The molecule has 1 heterocycles. The summed E-state index contributed by atoms with van der Waals surface area (Å²) in [6.07, 6.45) is 0.764. The van der Waals surface area contributed by atoms with Crippen LogP contribution in [0.3, 0.4) is 0 Å². The Labute approximate surface area is 149 Å². The lowest BCUT2D eigenvalue weighted by Gasteiger charge is -2.11. The van der Waals surface area contributed by atoms with Crippen LogP contribution in [0.1, 0.15) is 29.8 Å². The quantitative estimate of drug-likeness (QED) is 0.579. The van der Waals surface area contributed by atoms with Gasteiger partial charge in [-0.3, -0.25) is 0 Å². The number of halogens is 2. The highest BCUT2D eigenvalue weighted by atomic mass is 79.9. The zero-order valence-electron chi connectivity index (χ0n) is 14.1. The Morgan fingerprint density at radius 3 is 2.75 bits per heavy atom. The van der Waals surface area contributed by atoms with Crippen LogP contribution in [0, 0.1) is 19.7 Å². The van der Waals surface area contributed by atoms with Crippen molar-refractivity contribution >= 4 is 21.9 Å². The Kier molecular flexibility index (Phi) is 6.78. The van der Waals surface area contributed by atoms with Gasteiger partial charge in [0.25, 0.3) is 0 Å². The standard InChI is InChI=1S/C17H22BrFN4O/c1-4-20-17(22-10-16-23-11(2)12(3)24-16)21-8-7-13-5-6-15(19)14(18)9-13/h5-6,9H,4,7-8,10H2,1-3H3,(H2,20,21,22). The van der Waals surface area contributed by atoms with Crippen molar-refractivity contribution in [3.63, 3.8) is 0 Å². The third-order valence-corrected chi connectivity index (χ3v) is 4.09. The van der Waals surface area contributed by atoms with E-state index in [0.717, 1.165) is 30.0 Å². The molecule has 0 aliphatic rings. The molecule has 5 nitrogen and oxygen atoms in total. The van der Waals surface area contributed by atoms with Crippen molar-refractivity contribution < 1.29 is 8.81 Å². The molecule has 0 amide bonds. The molecular weight excluding hydrogens is 375 g/mol. The van der Waals surface area contributed by atoms with Gasteiger partial charge in [-0.25, -0.2) is 14.4 Å². The molecule has 0 radical (unpaired) electrons. The second-order valence-corrected chi connectivity index (χ2v) is 6.22. The lowest BCUT2D eigenvalue weighted by atomic mass is 10.1. The fourth-order valence-electron chi connectivity index (χ4n) is 2.12. The van der Waals surface area contributed by atoms with Gasteiger partial charge in [-0.2, -0.15) is 0 Å². The molecule has 0 aliphatic carbocycles. The first-order valence-corrected chi connectivity index (χ1v) is 8.68. The molecule has 1 aromatic heterocycles. The molecule has 2 rings (SSSR count). The molecule has 0 bridgehead atoms. The Hall–Kier alpha value is -1.89. The highest BCUT2D eigenvalue weighted by Crippen LogP contribution is 2.16. The van der Waals surface area contributed by atoms with E-state index in [1.165, 1.54) is 6.07 Å². The highest BCUT2D eigenvalue weighted by molar-refractivity contribution is 9.10. The molecule has 0 aliphatic heterocycles. The van der Waals surface area contributed by atoms with Gasteiger partial charge in [0, 0.05) is 13.1 Å². The van der Waals surface area contributed by atoms with E-state index in [9.17, 15) is 4.39 Å². The minimum absolute atomic E-state index is 0.252. The van der Waals surface area contributed by atoms with Crippen LogP contribution in [-0.2, 0) is 13.0 Å². The van der Waals surface area contributed by atoms with E-state index in [0.29, 0.717) is 29.4 Å². The summed E-state index contributed by atoms with van der Waals surface area (Å²) >= 11 is 3.20. The van der Waals surface area contributed by atoms with Gasteiger partial charge >= 0.3 is 0 Å². The number of rotatable bonds is 6. The number of hydrogen-bond donors (Lipinski definition) is 2. The first-order valence-electron chi connectivity index (χ1n) is 7.88. The van der Waals surface area contributed by atoms with E-state index < -0.39 is 0 Å². The Bertz CT molecular complexity index is 695. The third-order valence-electron chi connectivity index (χ3n) is 3.48. The second kappa shape index (κ2) is 8.82. The highest BCUT2D eigenvalue weighted by Gasteiger charge is 2.06. The van der Waals surface area contributed by atoms with Gasteiger partial charge in [0.05, 0.1) is 10.2 Å². The molecule has 0 saturated heterocycles. The number of guanidine groups is 1. The predicted octanol–water partition coefficient (Wildman–Crippen LogP) is 3.49. The summed E-state index contributed by atoms with van der Waals surface area (Å²) < 4.78 is 19.2. The number of hydrogen-bond acceptors (Lipinski definition) is 3. The average Bonchev–Trinajstić information content (AvgIpc) is 2.87. The predicted molar refractivity (Wildman–Crippen MR) is 96.6 cm³/mol. The smallest absolute Gasteiger partial charge is 0.216 e. The van der Waals surface area contributed by atoms with Gasteiger partial charge in [0.15, 0.2) is 5.96 Å². The molecule has 0 unspecified atom stereocenters. The maximum atomic E-state index is 13.2. The molecule has 0 fully saturated rings. The van der Waals surface area contributed by atoms with Crippen LogP contribution in [-0.4, -0.2) is 24.0 Å². The molecule has 0 atom stereocenters. The minimum Gasteiger partial charge on any atom is -0.444 e. The molecule has 1 aromatic carbocycles. The second-order valence-electron chi connectivity index (χ2n) is 5.37. The monoisotopic (exact) mass is 396 g/mol. The first kappa shape index (κ1) is 18.4. The molecule has 2 N–H and O–H groups in total. The fraction of sp³-hybridized carbons (Fsp3) is 0.412. The Morgan fingerprint density at radius 1 is 1.33 bits per heavy atom. The van der Waals surface area contributed by atoms with Gasteiger partial charge in [-0.15, -0.1) is 0 Å². The lowest BCUT2D eigenvalue weighted by Crippen LogP contribution is -2.38. The van der Waals surface area contributed by atoms with Crippen LogP contribution >= 0.6 is 15.9 Å². The SMILES string of the molecule is CCNC(=NCc1nc(C)c(C)o1)NCCc1ccc(F)c(Br)c1. The van der Waals surface area contributed by atoms with Gasteiger partial charge in [-0.1, -0.05) is 6.07 Å². The summed E-state index contributed by atoms with van der Waals surface area (Å²) in [6, 6.07) is 5.04. The molecule has 0 spiro atoms. The number of nitrogens with one attached hydrogen (secondary N) is 2. The van der Waals surface area contributed by atoms with Crippen molar-refractivity contribution in [3.05, 3.63) is 51.4 Å². The first-order chi connectivity index (χ1) is 11.5.